The van der Waals surface area contributed by atoms with Gasteiger partial charge in [0, 0.05) is 5.92 Å². The predicted octanol–water partition coefficient (Wildman–Crippen LogP) is 5.25. The quantitative estimate of drug-likeness (QED) is 0.339. The zero-order chi connectivity index (χ0) is 28.8. The molecule has 38 heavy (non-hydrogen) atoms. The number of hydrogen-bond donors (Lipinski definition) is 0. The number of nitrogens with zero attached hydrogens (tertiary/aromatic N) is 1. The van der Waals surface area contributed by atoms with Gasteiger partial charge in [-0.15, -0.1) is 0 Å². The summed E-state index contributed by atoms with van der Waals surface area (Å²) < 4.78 is 28.5. The summed E-state index contributed by atoms with van der Waals surface area (Å²) in [5.74, 6) is -1.39. The van der Waals surface area contributed by atoms with Crippen LogP contribution in [0.15, 0.2) is 0 Å². The molecule has 10 nitrogen and oxygen atoms in total. The number of amides is 2. The van der Waals surface area contributed by atoms with Gasteiger partial charge in [0.1, 0.15) is 23.4 Å². The highest BCUT2D eigenvalue weighted by atomic mass is 16.6. The van der Waals surface area contributed by atoms with Gasteiger partial charge in [-0.25, -0.2) is 14.4 Å². The maximum absolute atomic E-state index is 13.4. The van der Waals surface area contributed by atoms with Crippen LogP contribution in [0.3, 0.4) is 0 Å². The zero-order valence-electron chi connectivity index (χ0n) is 24.5. The number of rotatable bonds is 5. The Morgan fingerprint density at radius 3 is 1.95 bits per heavy atom. The number of esters is 2. The fraction of sp³-hybridized carbons (Fsp3) is 0.857. The van der Waals surface area contributed by atoms with Gasteiger partial charge in [-0.1, -0.05) is 39.5 Å². The highest BCUT2D eigenvalue weighted by Crippen LogP contribution is 2.34. The molecule has 0 bridgehead atoms. The van der Waals surface area contributed by atoms with Crippen molar-refractivity contribution in [3.63, 3.8) is 0 Å². The van der Waals surface area contributed by atoms with Crippen LogP contribution in [0.25, 0.3) is 0 Å². The zero-order valence-corrected chi connectivity index (χ0v) is 24.5. The van der Waals surface area contributed by atoms with Crippen molar-refractivity contribution in [2.75, 3.05) is 13.2 Å². The third-order valence-corrected chi connectivity index (χ3v) is 6.44. The van der Waals surface area contributed by atoms with Gasteiger partial charge in [0.2, 0.25) is 0 Å². The predicted molar refractivity (Wildman–Crippen MR) is 139 cm³/mol. The third kappa shape index (κ3) is 9.75. The van der Waals surface area contributed by atoms with Gasteiger partial charge in [0.25, 0.3) is 0 Å². The Balaban J connectivity index is 2.39. The van der Waals surface area contributed by atoms with Gasteiger partial charge >= 0.3 is 24.1 Å². The van der Waals surface area contributed by atoms with E-state index in [1.807, 2.05) is 0 Å². The van der Waals surface area contributed by atoms with Gasteiger partial charge < -0.3 is 23.7 Å². The summed E-state index contributed by atoms with van der Waals surface area (Å²) in [6, 6.07) is -1.45. The van der Waals surface area contributed by atoms with Crippen molar-refractivity contribution in [3.05, 3.63) is 0 Å². The molecule has 0 radical (unpaired) electrons. The normalized spacial score (nSPS) is 25.6. The van der Waals surface area contributed by atoms with Crippen LogP contribution in [-0.4, -0.2) is 71.7 Å². The Labute approximate surface area is 227 Å². The molecular formula is C28H47NO9. The first-order valence-electron chi connectivity index (χ1n) is 13.7. The van der Waals surface area contributed by atoms with Gasteiger partial charge in [-0.2, -0.15) is 4.90 Å². The topological polar surface area (TPSA) is 118 Å². The summed E-state index contributed by atoms with van der Waals surface area (Å²) in [5, 5.41) is 0. The lowest BCUT2D eigenvalue weighted by Crippen LogP contribution is -2.54. The molecule has 0 aromatic rings. The van der Waals surface area contributed by atoms with Crippen molar-refractivity contribution in [2.24, 2.45) is 17.8 Å². The first-order valence-corrected chi connectivity index (χ1v) is 13.7. The Kier molecular flexibility index (Phi) is 11.0. The van der Waals surface area contributed by atoms with E-state index in [1.54, 1.807) is 62.3 Å². The van der Waals surface area contributed by atoms with Crippen LogP contribution in [-0.2, 0) is 33.3 Å². The average Bonchev–Trinajstić information content (AvgIpc) is 3.26. The van der Waals surface area contributed by atoms with Crippen LogP contribution >= 0.6 is 0 Å². The maximum atomic E-state index is 13.4. The van der Waals surface area contributed by atoms with Crippen LogP contribution < -0.4 is 0 Å². The average molecular weight is 542 g/mol. The summed E-state index contributed by atoms with van der Waals surface area (Å²) in [5.41, 5.74) is -1.87. The van der Waals surface area contributed by atoms with Gasteiger partial charge in [-0.05, 0) is 60.8 Å². The summed E-state index contributed by atoms with van der Waals surface area (Å²) in [6.07, 6.45) is 1.58. The molecule has 1 aliphatic heterocycles. The van der Waals surface area contributed by atoms with Crippen molar-refractivity contribution < 1.29 is 42.9 Å². The minimum atomic E-state index is -1.45. The molecule has 2 rings (SSSR count). The van der Waals surface area contributed by atoms with Crippen molar-refractivity contribution >= 4 is 24.1 Å². The van der Waals surface area contributed by atoms with Crippen LogP contribution in [0.5, 0.6) is 0 Å². The van der Waals surface area contributed by atoms with E-state index in [2.05, 4.69) is 0 Å². The molecule has 4 atom stereocenters. The van der Waals surface area contributed by atoms with Gasteiger partial charge in [-0.3, -0.25) is 4.79 Å². The molecule has 218 valence electrons. The maximum Gasteiger partial charge on any atom is 0.420 e. The molecule has 0 unspecified atom stereocenters. The van der Waals surface area contributed by atoms with E-state index in [4.69, 9.17) is 23.7 Å². The van der Waals surface area contributed by atoms with E-state index < -0.39 is 53.6 Å². The molecule has 1 saturated heterocycles. The summed E-state index contributed by atoms with van der Waals surface area (Å²) in [4.78, 5) is 52.9. The molecule has 0 spiro atoms. The van der Waals surface area contributed by atoms with Crippen LogP contribution in [0.4, 0.5) is 9.59 Å². The van der Waals surface area contributed by atoms with Crippen molar-refractivity contribution in [1.82, 2.24) is 4.90 Å². The van der Waals surface area contributed by atoms with E-state index in [0.29, 0.717) is 10.8 Å². The lowest BCUT2D eigenvalue weighted by molar-refractivity contribution is -0.175. The van der Waals surface area contributed by atoms with E-state index in [0.717, 1.165) is 32.1 Å². The van der Waals surface area contributed by atoms with Crippen molar-refractivity contribution in [2.45, 2.75) is 124 Å². The summed E-state index contributed by atoms with van der Waals surface area (Å²) in [7, 11) is 0. The molecular weight excluding hydrogens is 494 g/mol. The largest absolute Gasteiger partial charge is 0.458 e. The molecule has 2 fully saturated rings. The number of carbonyl (C=O) groups excluding carboxylic acids is 4. The molecule has 2 amide bonds. The molecule has 10 heteroatoms. The fourth-order valence-corrected chi connectivity index (χ4v) is 4.68. The van der Waals surface area contributed by atoms with E-state index >= 15 is 0 Å². The summed E-state index contributed by atoms with van der Waals surface area (Å²) in [6.45, 7) is 14.9. The fourth-order valence-electron chi connectivity index (χ4n) is 4.68. The minimum absolute atomic E-state index is 0.167. The SMILES string of the molecule is CC(C)C(=O)O[C@@H]1[C@@H](CC2CCCC2)COC[C@H](N(C(=O)OC(C)(C)C)C(=O)OC(C)(C)C)C(=O)O[C@H]1C. The Morgan fingerprint density at radius 1 is 0.947 bits per heavy atom. The smallest absolute Gasteiger partial charge is 0.420 e. The molecule has 1 saturated carbocycles. The van der Waals surface area contributed by atoms with E-state index in [9.17, 15) is 19.2 Å². The minimum Gasteiger partial charge on any atom is -0.458 e. The Morgan fingerprint density at radius 2 is 1.47 bits per heavy atom. The number of ether oxygens (including phenoxy) is 5. The van der Waals surface area contributed by atoms with Crippen molar-refractivity contribution in [3.8, 4) is 0 Å². The highest BCUT2D eigenvalue weighted by Gasteiger charge is 2.45. The molecule has 0 aromatic heterocycles. The summed E-state index contributed by atoms with van der Waals surface area (Å²) >= 11 is 0. The second kappa shape index (κ2) is 13.1. The molecule has 1 heterocycles. The van der Waals surface area contributed by atoms with E-state index in [-0.39, 0.29) is 25.0 Å². The van der Waals surface area contributed by atoms with E-state index in [1.165, 1.54) is 0 Å². The Hall–Kier alpha value is -2.36. The second-order valence-corrected chi connectivity index (χ2v) is 12.7. The number of carbonyl (C=O) groups is 4. The Bertz CT molecular complexity index is 808. The molecule has 0 aromatic carbocycles. The van der Waals surface area contributed by atoms with Gasteiger partial charge in [0.05, 0.1) is 19.1 Å². The first kappa shape index (κ1) is 31.9. The van der Waals surface area contributed by atoms with Gasteiger partial charge in [0.15, 0.2) is 6.04 Å². The second-order valence-electron chi connectivity index (χ2n) is 12.7. The lowest BCUT2D eigenvalue weighted by atomic mass is 9.87. The standard InChI is InChI=1S/C28H47NO9/c1-17(2)23(30)36-22-18(3)35-24(31)21(16-34-15-20(22)14-19-12-10-11-13-19)29(25(32)37-27(4,5)6)26(33)38-28(7,8)9/h17-22H,10-16H2,1-9H3/t18-,20-,21-,22-/m0/s1. The molecule has 0 N–H and O–H groups in total. The third-order valence-electron chi connectivity index (χ3n) is 6.44. The van der Waals surface area contributed by atoms with Crippen LogP contribution in [0.2, 0.25) is 0 Å². The van der Waals surface area contributed by atoms with Crippen molar-refractivity contribution in [1.29, 1.82) is 0 Å². The highest BCUT2D eigenvalue weighted by molar-refractivity contribution is 5.94. The lowest BCUT2D eigenvalue weighted by Gasteiger charge is -2.33. The molecule has 2 aliphatic rings. The molecule has 1 aliphatic carbocycles. The first-order chi connectivity index (χ1) is 17.5. The van der Waals surface area contributed by atoms with Crippen LogP contribution in [0, 0.1) is 17.8 Å². The van der Waals surface area contributed by atoms with Crippen LogP contribution in [0.1, 0.15) is 94.4 Å². The number of cyclic esters (lactones) is 1. The monoisotopic (exact) mass is 541 g/mol. The number of hydrogen-bond acceptors (Lipinski definition) is 9. The number of imide groups is 1.